The van der Waals surface area contributed by atoms with Gasteiger partial charge in [-0.1, -0.05) is 19.9 Å². The Labute approximate surface area is 161 Å². The van der Waals surface area contributed by atoms with Crippen molar-refractivity contribution in [2.75, 3.05) is 5.32 Å². The van der Waals surface area contributed by atoms with Gasteiger partial charge >= 0.3 is 0 Å². The van der Waals surface area contributed by atoms with E-state index in [1.165, 1.54) is 12.4 Å². The number of aliphatic hydroxyl groups is 1. The second-order valence-electron chi connectivity index (χ2n) is 7.07. The first kappa shape index (κ1) is 18.1. The third kappa shape index (κ3) is 3.22. The summed E-state index contributed by atoms with van der Waals surface area (Å²) in [7, 11) is 0. The van der Waals surface area contributed by atoms with Gasteiger partial charge in [0.05, 0.1) is 17.3 Å². The number of benzene rings is 1. The Morgan fingerprint density at radius 1 is 1.25 bits per heavy atom. The van der Waals surface area contributed by atoms with Crippen LogP contribution < -0.4 is 10.6 Å². The highest BCUT2D eigenvalue weighted by molar-refractivity contribution is 5.87. The minimum Gasteiger partial charge on any atom is -0.369 e. The Hall–Kier alpha value is -3.26. The summed E-state index contributed by atoms with van der Waals surface area (Å²) in [5.74, 6) is 0.463. The van der Waals surface area contributed by atoms with Crippen LogP contribution in [-0.4, -0.2) is 31.5 Å². The Morgan fingerprint density at radius 2 is 2.07 bits per heavy atom. The maximum absolute atomic E-state index is 13.7. The van der Waals surface area contributed by atoms with Gasteiger partial charge in [-0.15, -0.1) is 0 Å². The molecule has 0 radical (unpaired) electrons. The lowest BCUT2D eigenvalue weighted by Gasteiger charge is -2.29. The zero-order valence-electron chi connectivity index (χ0n) is 15.8. The molecule has 8 heteroatoms. The molecule has 2 aromatic heterocycles. The number of aliphatic hydroxyl groups excluding tert-OH is 1. The number of allylic oxidation sites excluding steroid dienone is 2. The average molecular weight is 380 g/mol. The van der Waals surface area contributed by atoms with Gasteiger partial charge in [-0.25, -0.2) is 14.4 Å². The molecule has 0 amide bonds. The topological polar surface area (TPSA) is 98.8 Å². The number of hydrogen-bond donors (Lipinski definition) is 4. The summed E-state index contributed by atoms with van der Waals surface area (Å²) >= 11 is 0. The second-order valence-corrected chi connectivity index (χ2v) is 7.07. The molecule has 4 rings (SSSR count). The van der Waals surface area contributed by atoms with E-state index in [9.17, 15) is 9.50 Å². The highest BCUT2D eigenvalue weighted by Crippen LogP contribution is 2.30. The van der Waals surface area contributed by atoms with Crippen LogP contribution in [0.5, 0.6) is 0 Å². The quantitative estimate of drug-likeness (QED) is 0.555. The maximum atomic E-state index is 13.7. The summed E-state index contributed by atoms with van der Waals surface area (Å²) in [4.78, 5) is 8.47. The molecule has 0 fully saturated rings. The zero-order valence-corrected chi connectivity index (χ0v) is 15.8. The highest BCUT2D eigenvalue weighted by Gasteiger charge is 2.24. The Kier molecular flexibility index (Phi) is 4.56. The largest absolute Gasteiger partial charge is 0.369 e. The minimum absolute atomic E-state index is 0.131. The Bertz CT molecular complexity index is 1100. The van der Waals surface area contributed by atoms with Crippen LogP contribution in [0, 0.1) is 18.7 Å². The number of rotatable bonds is 4. The summed E-state index contributed by atoms with van der Waals surface area (Å²) in [5, 5.41) is 24.7. The fourth-order valence-corrected chi connectivity index (χ4v) is 3.25. The van der Waals surface area contributed by atoms with Crippen molar-refractivity contribution in [1.29, 1.82) is 0 Å². The number of H-pyrrole nitrogens is 1. The number of aromatic nitrogens is 4. The van der Waals surface area contributed by atoms with Gasteiger partial charge in [0.15, 0.2) is 11.9 Å². The fraction of sp³-hybridized carbons (Fsp3) is 0.250. The number of nitrogens with zero attached hydrogens (tertiary/aromatic N) is 3. The van der Waals surface area contributed by atoms with E-state index < -0.39 is 6.23 Å². The summed E-state index contributed by atoms with van der Waals surface area (Å²) < 4.78 is 13.7. The van der Waals surface area contributed by atoms with E-state index in [0.29, 0.717) is 22.6 Å². The van der Waals surface area contributed by atoms with Crippen molar-refractivity contribution in [1.82, 2.24) is 25.5 Å². The van der Waals surface area contributed by atoms with E-state index >= 15 is 0 Å². The van der Waals surface area contributed by atoms with Gasteiger partial charge in [-0.2, -0.15) is 5.10 Å². The molecule has 7 nitrogen and oxygen atoms in total. The highest BCUT2D eigenvalue weighted by atomic mass is 19.1. The van der Waals surface area contributed by atoms with Gasteiger partial charge in [0.2, 0.25) is 0 Å². The van der Waals surface area contributed by atoms with E-state index in [2.05, 4.69) is 30.8 Å². The number of dihydropyridines is 1. The molecule has 4 N–H and O–H groups in total. The molecule has 144 valence electrons. The van der Waals surface area contributed by atoms with E-state index in [-0.39, 0.29) is 11.7 Å². The minimum atomic E-state index is -0.896. The van der Waals surface area contributed by atoms with Crippen molar-refractivity contribution in [3.63, 3.8) is 0 Å². The van der Waals surface area contributed by atoms with Crippen LogP contribution >= 0.6 is 0 Å². The van der Waals surface area contributed by atoms with Gasteiger partial charge in [-0.3, -0.25) is 5.10 Å². The van der Waals surface area contributed by atoms with E-state index in [1.807, 2.05) is 19.9 Å². The van der Waals surface area contributed by atoms with Crippen LogP contribution in [0.1, 0.15) is 25.0 Å². The van der Waals surface area contributed by atoms with Gasteiger partial charge in [-0.05, 0) is 42.2 Å². The van der Waals surface area contributed by atoms with Crippen molar-refractivity contribution in [2.45, 2.75) is 27.0 Å². The van der Waals surface area contributed by atoms with E-state index in [4.69, 9.17) is 0 Å². The number of halogens is 1. The third-order valence-corrected chi connectivity index (χ3v) is 4.75. The first-order chi connectivity index (χ1) is 13.4. The lowest BCUT2D eigenvalue weighted by atomic mass is 9.95. The van der Waals surface area contributed by atoms with Crippen LogP contribution in [0.25, 0.3) is 16.6 Å². The van der Waals surface area contributed by atoms with Crippen molar-refractivity contribution >= 4 is 22.4 Å². The Morgan fingerprint density at radius 3 is 2.82 bits per heavy atom. The number of aromatic amines is 1. The van der Waals surface area contributed by atoms with Crippen molar-refractivity contribution < 1.29 is 9.50 Å². The summed E-state index contributed by atoms with van der Waals surface area (Å²) in [6.45, 7) is 5.77. The predicted molar refractivity (Wildman–Crippen MR) is 105 cm³/mol. The molecule has 0 spiro atoms. The van der Waals surface area contributed by atoms with Crippen LogP contribution in [0.4, 0.5) is 10.2 Å². The Balaban J connectivity index is 1.79. The van der Waals surface area contributed by atoms with Crippen LogP contribution in [0.2, 0.25) is 0 Å². The molecule has 3 aromatic rings. The average Bonchev–Trinajstić information content (AvgIpc) is 3.15. The van der Waals surface area contributed by atoms with Gasteiger partial charge < -0.3 is 15.7 Å². The standard InChI is InChI=1S/C20H21FN6O/c1-10(2)17-16(25-18-14-8-24-27-19(14)23-9-22-18)7-13(20(28)26-17)12-4-5-15(21)11(3)6-12/h4-10,20,26,28H,1-3H3,(H2,22,23,24,25,27). The van der Waals surface area contributed by atoms with Crippen molar-refractivity contribution in [3.05, 3.63) is 65.1 Å². The normalized spacial score (nSPS) is 17.1. The van der Waals surface area contributed by atoms with Crippen LogP contribution in [0.3, 0.4) is 0 Å². The lowest BCUT2D eigenvalue weighted by Crippen LogP contribution is -2.36. The third-order valence-electron chi connectivity index (χ3n) is 4.75. The molecule has 3 heterocycles. The van der Waals surface area contributed by atoms with E-state index in [0.717, 1.165) is 22.3 Å². The summed E-state index contributed by atoms with van der Waals surface area (Å²) in [5.41, 5.74) is 4.18. The lowest BCUT2D eigenvalue weighted by molar-refractivity contribution is 0.200. The van der Waals surface area contributed by atoms with Gasteiger partial charge in [0.1, 0.15) is 18.0 Å². The molecule has 0 saturated carbocycles. The first-order valence-corrected chi connectivity index (χ1v) is 9.02. The number of fused-ring (bicyclic) bond motifs is 1. The fourth-order valence-electron chi connectivity index (χ4n) is 3.25. The number of aryl methyl sites for hydroxylation is 1. The zero-order chi connectivity index (χ0) is 19.8. The molecule has 1 aliphatic heterocycles. The van der Waals surface area contributed by atoms with Gasteiger partial charge in [0.25, 0.3) is 0 Å². The SMILES string of the molecule is Cc1cc(C2=CC(Nc3ncnc4[nH]ncc34)=C(C(C)C)NC2O)ccc1F. The molecular weight excluding hydrogens is 359 g/mol. The molecule has 0 saturated heterocycles. The molecule has 0 bridgehead atoms. The maximum Gasteiger partial charge on any atom is 0.160 e. The van der Waals surface area contributed by atoms with Gasteiger partial charge in [0, 0.05) is 11.3 Å². The van der Waals surface area contributed by atoms with Crippen LogP contribution in [0.15, 0.2) is 48.2 Å². The molecule has 0 aliphatic carbocycles. The number of anilines is 1. The monoisotopic (exact) mass is 380 g/mol. The summed E-state index contributed by atoms with van der Waals surface area (Å²) in [6.07, 6.45) is 4.09. The van der Waals surface area contributed by atoms with E-state index in [1.54, 1.807) is 25.3 Å². The predicted octanol–water partition coefficient (Wildman–Crippen LogP) is 3.09. The summed E-state index contributed by atoms with van der Waals surface area (Å²) in [6, 6.07) is 4.80. The molecule has 1 unspecified atom stereocenters. The molecule has 1 atom stereocenters. The molecule has 1 aromatic carbocycles. The molecule has 28 heavy (non-hydrogen) atoms. The molecule has 1 aliphatic rings. The van der Waals surface area contributed by atoms with Crippen molar-refractivity contribution in [2.24, 2.45) is 5.92 Å². The molecular formula is C20H21FN6O. The van der Waals surface area contributed by atoms with Crippen molar-refractivity contribution in [3.8, 4) is 0 Å². The smallest absolute Gasteiger partial charge is 0.160 e. The second kappa shape index (κ2) is 7.05. The number of nitrogens with one attached hydrogen (secondary N) is 3. The first-order valence-electron chi connectivity index (χ1n) is 9.02. The number of hydrogen-bond acceptors (Lipinski definition) is 6. The van der Waals surface area contributed by atoms with Crippen LogP contribution in [-0.2, 0) is 0 Å².